The highest BCUT2D eigenvalue weighted by molar-refractivity contribution is 6.38. The number of nitrogens with zero attached hydrogens (tertiary/aromatic N) is 3. The Morgan fingerprint density at radius 1 is 1.00 bits per heavy atom. The number of aromatic nitrogens is 2. The van der Waals surface area contributed by atoms with Crippen LogP contribution in [0.2, 0.25) is 0 Å². The van der Waals surface area contributed by atoms with Gasteiger partial charge in [0.25, 0.3) is 11.5 Å². The molecule has 0 bridgehead atoms. The second kappa shape index (κ2) is 15.0. The quantitative estimate of drug-likeness (QED) is 0.0938. The van der Waals surface area contributed by atoms with Gasteiger partial charge in [-0.3, -0.25) is 19.3 Å². The van der Waals surface area contributed by atoms with Crippen LogP contribution < -0.4 is 21.1 Å². The molecule has 5 N–H and O–H groups in total. The first-order valence-electron chi connectivity index (χ1n) is 20.9. The van der Waals surface area contributed by atoms with Crippen LogP contribution in [-0.2, 0) is 11.3 Å². The van der Waals surface area contributed by atoms with Gasteiger partial charge in [0.2, 0.25) is 0 Å². The summed E-state index contributed by atoms with van der Waals surface area (Å²) in [6.45, 7) is 12.2. The van der Waals surface area contributed by atoms with E-state index in [0.717, 1.165) is 96.9 Å². The molecule has 2 atom stereocenters. The van der Waals surface area contributed by atoms with Crippen LogP contribution in [0.15, 0.2) is 41.3 Å². The number of rotatable bonds is 17. The van der Waals surface area contributed by atoms with Gasteiger partial charge in [0.1, 0.15) is 5.82 Å². The molecule has 4 saturated carbocycles. The zero-order valence-corrected chi connectivity index (χ0v) is 33.5. The van der Waals surface area contributed by atoms with Crippen LogP contribution in [0.1, 0.15) is 104 Å². The van der Waals surface area contributed by atoms with Crippen LogP contribution in [0.4, 0.5) is 11.5 Å². The predicted octanol–water partition coefficient (Wildman–Crippen LogP) is 6.90. The van der Waals surface area contributed by atoms with Gasteiger partial charge in [-0.15, -0.1) is 0 Å². The summed E-state index contributed by atoms with van der Waals surface area (Å²) in [5.41, 5.74) is 6.65. The number of hydrogen-bond donors (Lipinski definition) is 5. The van der Waals surface area contributed by atoms with Crippen molar-refractivity contribution in [2.75, 3.05) is 42.9 Å². The number of hydrogen-bond acceptors (Lipinski definition) is 9. The number of H-pyrrole nitrogens is 1. The Morgan fingerprint density at radius 3 is 2.38 bits per heavy atom. The predicted molar refractivity (Wildman–Crippen MR) is 222 cm³/mol. The zero-order valence-electron chi connectivity index (χ0n) is 33.5. The molecule has 11 heteroatoms. The Bertz CT molecular complexity index is 2070. The molecule has 3 heterocycles. The highest BCUT2D eigenvalue weighted by Crippen LogP contribution is 2.93. The molecule has 2 unspecified atom stereocenters. The number of carbonyl (C=O) groups is 2. The van der Waals surface area contributed by atoms with E-state index in [1.165, 1.54) is 38.3 Å². The molecule has 1 aromatic carbocycles. The van der Waals surface area contributed by atoms with Gasteiger partial charge in [-0.2, -0.15) is 0 Å². The Labute approximate surface area is 330 Å². The molecule has 1 spiro atoms. The first-order chi connectivity index (χ1) is 26.9. The Morgan fingerprint density at radius 2 is 1.75 bits per heavy atom. The van der Waals surface area contributed by atoms with E-state index in [1.54, 1.807) is 6.07 Å². The second-order valence-electron chi connectivity index (χ2n) is 17.8. The number of aryl methyl sites for hydroxylation is 2. The van der Waals surface area contributed by atoms with Crippen LogP contribution in [0, 0.1) is 53.2 Å². The summed E-state index contributed by atoms with van der Waals surface area (Å²) in [6.07, 6.45) is 13.0. The third-order valence-electron chi connectivity index (χ3n) is 14.4. The maximum absolute atomic E-state index is 13.6. The minimum atomic E-state index is -0.366. The number of amides is 1. The fourth-order valence-corrected chi connectivity index (χ4v) is 11.8. The lowest BCUT2D eigenvalue weighted by Crippen LogP contribution is -2.85. The van der Waals surface area contributed by atoms with Crippen LogP contribution in [0.5, 0.6) is 0 Å². The van der Waals surface area contributed by atoms with Gasteiger partial charge >= 0.3 is 0 Å². The average Bonchev–Trinajstić information content (AvgIpc) is 3.14. The molecule has 5 fully saturated rings. The van der Waals surface area contributed by atoms with E-state index < -0.39 is 0 Å². The number of anilines is 2. The van der Waals surface area contributed by atoms with Crippen molar-refractivity contribution in [3.05, 3.63) is 74.8 Å². The highest BCUT2D eigenvalue weighted by Gasteiger charge is 2.86. The summed E-state index contributed by atoms with van der Waals surface area (Å²) < 4.78 is 0. The number of benzene rings is 1. The van der Waals surface area contributed by atoms with Gasteiger partial charge in [-0.1, -0.05) is 0 Å². The molecule has 56 heavy (non-hydrogen) atoms. The van der Waals surface area contributed by atoms with E-state index in [9.17, 15) is 14.4 Å². The fraction of sp³-hybridized carbons (Fsp3) is 0.556. The van der Waals surface area contributed by atoms with Crippen molar-refractivity contribution in [3.8, 4) is 11.1 Å². The number of piperazine rings is 1. The largest absolute Gasteiger partial charge is 0.382 e. The van der Waals surface area contributed by atoms with Gasteiger partial charge in [0.05, 0.1) is 11.3 Å². The number of Topliss-reactive ketones (excluding diaryl/α,β-unsaturated/α-hetero) is 1. The van der Waals surface area contributed by atoms with Crippen LogP contribution in [-0.4, -0.2) is 77.3 Å². The standard InChI is InChI=1S/C45H58N8O3/c1-27(2)50-39-19-31(18-35(36(39)24-46)42(55)49-26-37-28(3)17-29(4)51-43(37)56)30-9-10-41(48-25-30)53-15-13-52(14-16-53)12-6-7-38(47)40(54)8-5-11-44-22-33-20-32-21-34(23-44)45(32,33)44/h9-10,17-19,24-25,27,32-34,46-47,50H,5-8,11-16,20-23,26H2,1-4H3,(H,49,55)(H,51,56). The highest BCUT2D eigenvalue weighted by atomic mass is 16.2. The summed E-state index contributed by atoms with van der Waals surface area (Å²) in [4.78, 5) is 51.4. The van der Waals surface area contributed by atoms with Crippen molar-refractivity contribution in [1.29, 1.82) is 10.8 Å². The molecule has 296 valence electrons. The second-order valence-corrected chi connectivity index (χ2v) is 17.8. The van der Waals surface area contributed by atoms with Crippen molar-refractivity contribution in [1.82, 2.24) is 20.2 Å². The average molecular weight is 759 g/mol. The minimum absolute atomic E-state index is 0.0623. The van der Waals surface area contributed by atoms with Crippen molar-refractivity contribution < 1.29 is 9.59 Å². The molecule has 1 saturated heterocycles. The number of nitrogens with one attached hydrogen (secondary N) is 5. The smallest absolute Gasteiger partial charge is 0.253 e. The van der Waals surface area contributed by atoms with Gasteiger partial charge in [-0.05, 0) is 156 Å². The van der Waals surface area contributed by atoms with E-state index in [2.05, 4.69) is 25.4 Å². The minimum Gasteiger partial charge on any atom is -0.382 e. The van der Waals surface area contributed by atoms with Gasteiger partial charge in [0, 0.05) is 85.7 Å². The summed E-state index contributed by atoms with van der Waals surface area (Å²) in [6, 6.07) is 9.75. The third kappa shape index (κ3) is 6.59. The first kappa shape index (κ1) is 38.2. The normalized spacial score (nSPS) is 25.8. The Balaban J connectivity index is 0.821. The Hall–Kier alpha value is -4.64. The summed E-state index contributed by atoms with van der Waals surface area (Å²) in [7, 11) is 0. The van der Waals surface area contributed by atoms with Crippen molar-refractivity contribution in [2.24, 2.45) is 28.6 Å². The van der Waals surface area contributed by atoms with E-state index in [-0.39, 0.29) is 29.8 Å². The maximum atomic E-state index is 13.6. The third-order valence-corrected chi connectivity index (χ3v) is 14.4. The molecule has 11 nitrogen and oxygen atoms in total. The molecular formula is C45H58N8O3. The van der Waals surface area contributed by atoms with Crippen molar-refractivity contribution >= 4 is 35.1 Å². The molecule has 4 aliphatic carbocycles. The van der Waals surface area contributed by atoms with E-state index >= 15 is 0 Å². The number of aromatic amines is 1. The molecule has 2 aromatic heterocycles. The lowest BCUT2D eigenvalue weighted by Gasteiger charge is -2.92. The van der Waals surface area contributed by atoms with Crippen LogP contribution in [0.3, 0.4) is 0 Å². The number of ketones is 1. The van der Waals surface area contributed by atoms with E-state index in [0.29, 0.717) is 46.3 Å². The lowest BCUT2D eigenvalue weighted by atomic mass is 9.13. The van der Waals surface area contributed by atoms with Crippen molar-refractivity contribution in [2.45, 2.75) is 98.1 Å². The molecule has 0 radical (unpaired) electrons. The van der Waals surface area contributed by atoms with Crippen LogP contribution >= 0.6 is 0 Å². The summed E-state index contributed by atoms with van der Waals surface area (Å²) in [5.74, 6) is 3.65. The fourth-order valence-electron chi connectivity index (χ4n) is 11.8. The molecular weight excluding hydrogens is 701 g/mol. The topological polar surface area (TPSA) is 158 Å². The van der Waals surface area contributed by atoms with E-state index in [4.69, 9.17) is 15.8 Å². The first-order valence-corrected chi connectivity index (χ1v) is 20.9. The Kier molecular flexibility index (Phi) is 10.3. The summed E-state index contributed by atoms with van der Waals surface area (Å²) >= 11 is 0. The van der Waals surface area contributed by atoms with Crippen LogP contribution in [0.25, 0.3) is 11.1 Å². The summed E-state index contributed by atoms with van der Waals surface area (Å²) in [5, 5.41) is 22.9. The molecule has 3 aromatic rings. The van der Waals surface area contributed by atoms with Crippen molar-refractivity contribution in [3.63, 3.8) is 0 Å². The molecule has 1 aliphatic heterocycles. The molecule has 1 amide bonds. The zero-order chi connectivity index (χ0) is 39.4. The van der Waals surface area contributed by atoms with Gasteiger partial charge in [0.15, 0.2) is 5.78 Å². The number of carbonyl (C=O) groups excluding carboxylic acids is 2. The number of pyridine rings is 2. The monoisotopic (exact) mass is 758 g/mol. The maximum Gasteiger partial charge on any atom is 0.253 e. The SMILES string of the molecule is Cc1cc(C)c(CNC(=O)c2cc(-c3ccc(N4CCN(CCCC(=N)C(=O)CCCC56CC7CC8CC(C5)C876)CC4)nc3)cc(NC(C)C)c2C=N)c(=O)[nH]1. The molecule has 8 rings (SSSR count). The molecule has 5 aliphatic rings. The van der Waals surface area contributed by atoms with Gasteiger partial charge in [-0.25, -0.2) is 4.98 Å². The van der Waals surface area contributed by atoms with E-state index in [1.807, 2.05) is 58.2 Å². The lowest BCUT2D eigenvalue weighted by molar-refractivity contribution is -0.433. The van der Waals surface area contributed by atoms with Gasteiger partial charge < -0.3 is 31.3 Å².